The summed E-state index contributed by atoms with van der Waals surface area (Å²) in [5.74, 6) is -0.875. The van der Waals surface area contributed by atoms with Gasteiger partial charge in [-0.1, -0.05) is 0 Å². The number of rotatable bonds is 9. The van der Waals surface area contributed by atoms with Gasteiger partial charge in [0.1, 0.15) is 13.1 Å². The Morgan fingerprint density at radius 1 is 1.00 bits per heavy atom. The van der Waals surface area contributed by atoms with Gasteiger partial charge in [-0.05, 0) is 31.5 Å². The van der Waals surface area contributed by atoms with Crippen LogP contribution in [-0.2, 0) is 36.8 Å². The van der Waals surface area contributed by atoms with Crippen molar-refractivity contribution in [3.63, 3.8) is 0 Å². The van der Waals surface area contributed by atoms with Crippen LogP contribution in [-0.4, -0.2) is 63.9 Å². The van der Waals surface area contributed by atoms with E-state index in [9.17, 15) is 14.4 Å². The Bertz CT molecular complexity index is 776. The number of methoxy groups -OCH3 is 2. The van der Waals surface area contributed by atoms with E-state index in [2.05, 4.69) is 5.32 Å². The Morgan fingerprint density at radius 2 is 1.53 bits per heavy atom. The predicted molar refractivity (Wildman–Crippen MR) is 107 cm³/mol. The van der Waals surface area contributed by atoms with E-state index in [1.165, 1.54) is 6.92 Å². The van der Waals surface area contributed by atoms with Crippen LogP contribution < -0.4 is 19.7 Å². The molecule has 0 fully saturated rings. The summed E-state index contributed by atoms with van der Waals surface area (Å²) in [4.78, 5) is 38.5. The first-order valence-corrected chi connectivity index (χ1v) is 10.0. The van der Waals surface area contributed by atoms with E-state index in [4.69, 9.17) is 18.9 Å². The molecular formula is C21H31N2O7+. The van der Waals surface area contributed by atoms with Crippen LogP contribution in [0.3, 0.4) is 0 Å². The van der Waals surface area contributed by atoms with Crippen LogP contribution in [0.25, 0.3) is 0 Å². The van der Waals surface area contributed by atoms with Gasteiger partial charge in [-0.3, -0.25) is 4.79 Å². The van der Waals surface area contributed by atoms with Crippen LogP contribution in [0.5, 0.6) is 11.5 Å². The predicted octanol–water partition coefficient (Wildman–Crippen LogP) is -0.354. The Balaban J connectivity index is 2.37. The van der Waals surface area contributed by atoms with Gasteiger partial charge in [-0.15, -0.1) is 0 Å². The zero-order valence-corrected chi connectivity index (χ0v) is 18.3. The van der Waals surface area contributed by atoms with Gasteiger partial charge in [-0.25, -0.2) is 9.59 Å². The molecule has 2 rings (SSSR count). The molecule has 0 saturated carbocycles. The van der Waals surface area contributed by atoms with Crippen molar-refractivity contribution >= 4 is 17.8 Å². The average molecular weight is 423 g/mol. The van der Waals surface area contributed by atoms with Crippen LogP contribution in [0.15, 0.2) is 12.1 Å². The van der Waals surface area contributed by atoms with E-state index in [1.807, 2.05) is 12.1 Å². The van der Waals surface area contributed by atoms with Crippen LogP contribution in [0.1, 0.15) is 31.9 Å². The summed E-state index contributed by atoms with van der Waals surface area (Å²) in [6, 6.07) is 3.85. The fourth-order valence-electron chi connectivity index (χ4n) is 3.74. The molecule has 0 spiro atoms. The standard InChI is InChI=1S/C21H30N2O7/c1-6-29-19(25)21(22-14(3)24,20(26)30-7-2)13-23-9-8-15-10-17(27-4)18(28-5)11-16(15)12-23/h10-11H,6-9,12-13H2,1-5H3,(H,22,24)/p+1. The third-order valence-corrected chi connectivity index (χ3v) is 5.05. The molecule has 1 heterocycles. The molecule has 9 heteroatoms. The third-order valence-electron chi connectivity index (χ3n) is 5.05. The van der Waals surface area contributed by atoms with Crippen molar-refractivity contribution in [2.75, 3.05) is 40.5 Å². The normalized spacial score (nSPS) is 15.6. The molecule has 1 amide bonds. The lowest BCUT2D eigenvalue weighted by Crippen LogP contribution is -3.14. The molecule has 0 bridgehead atoms. The van der Waals surface area contributed by atoms with Gasteiger partial charge in [0.2, 0.25) is 5.91 Å². The summed E-state index contributed by atoms with van der Waals surface area (Å²) in [7, 11) is 3.16. The number of quaternary nitrogens is 1. The van der Waals surface area contributed by atoms with Gasteiger partial charge in [-0.2, -0.15) is 0 Å². The highest BCUT2D eigenvalue weighted by Gasteiger charge is 2.53. The molecule has 30 heavy (non-hydrogen) atoms. The van der Waals surface area contributed by atoms with Gasteiger partial charge in [0, 0.05) is 18.9 Å². The highest BCUT2D eigenvalue weighted by Crippen LogP contribution is 2.31. The number of benzene rings is 1. The highest BCUT2D eigenvalue weighted by molar-refractivity contribution is 6.07. The second kappa shape index (κ2) is 10.3. The zero-order chi connectivity index (χ0) is 22.3. The fourth-order valence-corrected chi connectivity index (χ4v) is 3.74. The van der Waals surface area contributed by atoms with E-state index in [0.717, 1.165) is 16.0 Å². The van der Waals surface area contributed by atoms with E-state index >= 15 is 0 Å². The first-order chi connectivity index (χ1) is 14.3. The van der Waals surface area contributed by atoms with Gasteiger partial charge in [0.15, 0.2) is 11.5 Å². The minimum absolute atomic E-state index is 0.0119. The number of ether oxygens (including phenoxy) is 4. The fraction of sp³-hybridized carbons (Fsp3) is 0.571. The highest BCUT2D eigenvalue weighted by atomic mass is 16.6. The first-order valence-electron chi connectivity index (χ1n) is 10.0. The van der Waals surface area contributed by atoms with E-state index in [0.29, 0.717) is 31.0 Å². The largest absolute Gasteiger partial charge is 0.493 e. The molecule has 1 aromatic rings. The average Bonchev–Trinajstić information content (AvgIpc) is 2.71. The molecule has 0 radical (unpaired) electrons. The minimum Gasteiger partial charge on any atom is -0.493 e. The summed E-state index contributed by atoms with van der Waals surface area (Å²) in [5, 5.41) is 2.52. The number of hydrogen-bond donors (Lipinski definition) is 2. The lowest BCUT2D eigenvalue weighted by molar-refractivity contribution is -0.917. The van der Waals surface area contributed by atoms with Crippen molar-refractivity contribution in [3.8, 4) is 11.5 Å². The second-order valence-corrected chi connectivity index (χ2v) is 7.11. The summed E-state index contributed by atoms with van der Waals surface area (Å²) >= 11 is 0. The summed E-state index contributed by atoms with van der Waals surface area (Å²) in [6.45, 7) is 5.90. The summed E-state index contributed by atoms with van der Waals surface area (Å²) in [5.41, 5.74) is 0.244. The maximum atomic E-state index is 12.8. The third kappa shape index (κ3) is 5.02. The number of amides is 1. The maximum Gasteiger partial charge on any atom is 0.349 e. The summed E-state index contributed by atoms with van der Waals surface area (Å²) < 4.78 is 21.1. The molecule has 166 valence electrons. The van der Waals surface area contributed by atoms with Gasteiger partial charge >= 0.3 is 11.9 Å². The monoisotopic (exact) mass is 423 g/mol. The van der Waals surface area contributed by atoms with Crippen molar-refractivity contribution in [1.29, 1.82) is 0 Å². The maximum absolute atomic E-state index is 12.8. The van der Waals surface area contributed by atoms with Crippen molar-refractivity contribution in [2.24, 2.45) is 0 Å². The number of carbonyl (C=O) groups is 3. The number of fused-ring (bicyclic) bond motifs is 1. The topological polar surface area (TPSA) is 105 Å². The van der Waals surface area contributed by atoms with Crippen molar-refractivity contribution in [1.82, 2.24) is 5.32 Å². The lowest BCUT2D eigenvalue weighted by atomic mass is 9.94. The molecule has 1 aliphatic heterocycles. The molecule has 9 nitrogen and oxygen atoms in total. The molecule has 2 N–H and O–H groups in total. The Kier molecular flexibility index (Phi) is 8.05. The molecule has 1 unspecified atom stereocenters. The first kappa shape index (κ1) is 23.5. The number of esters is 2. The second-order valence-electron chi connectivity index (χ2n) is 7.11. The van der Waals surface area contributed by atoms with Gasteiger partial charge < -0.3 is 29.2 Å². The molecular weight excluding hydrogens is 392 g/mol. The molecule has 0 saturated heterocycles. The molecule has 1 aliphatic rings. The molecule has 1 atom stereocenters. The number of hydrogen-bond acceptors (Lipinski definition) is 7. The van der Waals surface area contributed by atoms with Crippen LogP contribution in [0.4, 0.5) is 0 Å². The summed E-state index contributed by atoms with van der Waals surface area (Å²) in [6.07, 6.45) is 0.715. The zero-order valence-electron chi connectivity index (χ0n) is 18.3. The Morgan fingerprint density at radius 3 is 2.00 bits per heavy atom. The number of nitrogens with one attached hydrogen (secondary N) is 2. The molecule has 1 aromatic carbocycles. The van der Waals surface area contributed by atoms with Crippen LogP contribution in [0, 0.1) is 0 Å². The smallest absolute Gasteiger partial charge is 0.349 e. The van der Waals surface area contributed by atoms with Crippen LogP contribution >= 0.6 is 0 Å². The van der Waals surface area contributed by atoms with E-state index < -0.39 is 23.4 Å². The Labute approximate surface area is 176 Å². The van der Waals surface area contributed by atoms with Gasteiger partial charge in [0.05, 0.1) is 34.0 Å². The van der Waals surface area contributed by atoms with Gasteiger partial charge in [0.25, 0.3) is 5.54 Å². The van der Waals surface area contributed by atoms with Crippen LogP contribution in [0.2, 0.25) is 0 Å². The van der Waals surface area contributed by atoms with E-state index in [-0.39, 0.29) is 19.8 Å². The lowest BCUT2D eigenvalue weighted by Gasteiger charge is -2.34. The van der Waals surface area contributed by atoms with E-state index in [1.54, 1.807) is 28.1 Å². The molecule has 0 aliphatic carbocycles. The quantitative estimate of drug-likeness (QED) is 0.413. The van der Waals surface area contributed by atoms with Crippen molar-refractivity contribution in [2.45, 2.75) is 39.3 Å². The minimum atomic E-state index is -1.90. The Hall–Kier alpha value is -2.81. The van der Waals surface area contributed by atoms with Crippen molar-refractivity contribution < 1.29 is 38.2 Å². The SMILES string of the molecule is CCOC(=O)C(C[NH+]1CCc2cc(OC)c(OC)cc2C1)(NC(C)=O)C(=O)OCC. The van der Waals surface area contributed by atoms with Crippen molar-refractivity contribution in [3.05, 3.63) is 23.3 Å². The number of carbonyl (C=O) groups excluding carboxylic acids is 3. The molecule has 0 aromatic heterocycles.